The summed E-state index contributed by atoms with van der Waals surface area (Å²) in [6, 6.07) is 16.6. The van der Waals surface area contributed by atoms with E-state index in [1.165, 1.54) is 4.68 Å². The van der Waals surface area contributed by atoms with Gasteiger partial charge in [0, 0.05) is 17.5 Å². The molecule has 0 aliphatic rings. The molecule has 4 aromatic rings. The molecule has 0 fully saturated rings. The Balaban J connectivity index is 1.53. The van der Waals surface area contributed by atoms with E-state index in [0.29, 0.717) is 34.8 Å². The lowest BCUT2D eigenvalue weighted by Gasteiger charge is -2.15. The van der Waals surface area contributed by atoms with Crippen molar-refractivity contribution in [2.75, 3.05) is 0 Å². The predicted molar refractivity (Wildman–Crippen MR) is 112 cm³/mol. The van der Waals surface area contributed by atoms with Gasteiger partial charge in [-0.2, -0.15) is 5.10 Å². The SMILES string of the molecule is CCn1nc([C@@H](C)C(=O)NCc2nnc(-c3ccccc3)o2)c2ccccc2c1=O. The van der Waals surface area contributed by atoms with Crippen LogP contribution in [0.4, 0.5) is 0 Å². The topological polar surface area (TPSA) is 103 Å². The minimum atomic E-state index is -0.565. The lowest BCUT2D eigenvalue weighted by Crippen LogP contribution is -2.31. The van der Waals surface area contributed by atoms with Gasteiger partial charge in [-0.15, -0.1) is 10.2 Å². The van der Waals surface area contributed by atoms with Gasteiger partial charge in [0.2, 0.25) is 17.7 Å². The van der Waals surface area contributed by atoms with Gasteiger partial charge in [-0.1, -0.05) is 36.4 Å². The first-order chi connectivity index (χ1) is 14.6. The van der Waals surface area contributed by atoms with Gasteiger partial charge < -0.3 is 9.73 Å². The second-order valence-electron chi connectivity index (χ2n) is 6.86. The number of nitrogens with one attached hydrogen (secondary N) is 1. The number of hydrogen-bond acceptors (Lipinski definition) is 6. The lowest BCUT2D eigenvalue weighted by molar-refractivity contribution is -0.122. The molecule has 0 aliphatic heterocycles. The van der Waals surface area contributed by atoms with Crippen LogP contribution in [0.15, 0.2) is 63.8 Å². The molecule has 0 aliphatic carbocycles. The number of fused-ring (bicyclic) bond motifs is 1. The zero-order chi connectivity index (χ0) is 21.1. The van der Waals surface area contributed by atoms with Crippen molar-refractivity contribution in [1.29, 1.82) is 0 Å². The second-order valence-corrected chi connectivity index (χ2v) is 6.86. The maximum absolute atomic E-state index is 12.8. The van der Waals surface area contributed by atoms with E-state index in [9.17, 15) is 9.59 Å². The number of nitrogens with zero attached hydrogens (tertiary/aromatic N) is 4. The van der Waals surface area contributed by atoms with Gasteiger partial charge in [0.1, 0.15) is 0 Å². The fourth-order valence-corrected chi connectivity index (χ4v) is 3.26. The van der Waals surface area contributed by atoms with Gasteiger partial charge in [0.05, 0.1) is 23.5 Å². The maximum atomic E-state index is 12.8. The average molecular weight is 403 g/mol. The number of aryl methyl sites for hydroxylation is 1. The van der Waals surface area contributed by atoms with E-state index in [-0.39, 0.29) is 18.0 Å². The van der Waals surface area contributed by atoms with Gasteiger partial charge in [-0.25, -0.2) is 4.68 Å². The van der Waals surface area contributed by atoms with E-state index < -0.39 is 5.92 Å². The van der Waals surface area contributed by atoms with Crippen LogP contribution in [0.2, 0.25) is 0 Å². The summed E-state index contributed by atoms with van der Waals surface area (Å²) in [7, 11) is 0. The fraction of sp³-hybridized carbons (Fsp3) is 0.227. The molecule has 0 spiro atoms. The Bertz CT molecular complexity index is 1250. The highest BCUT2D eigenvalue weighted by Crippen LogP contribution is 2.22. The highest BCUT2D eigenvalue weighted by Gasteiger charge is 2.22. The Hall–Kier alpha value is -3.81. The minimum Gasteiger partial charge on any atom is -0.419 e. The summed E-state index contributed by atoms with van der Waals surface area (Å²) < 4.78 is 7.01. The van der Waals surface area contributed by atoms with Crippen molar-refractivity contribution >= 4 is 16.7 Å². The largest absolute Gasteiger partial charge is 0.419 e. The summed E-state index contributed by atoms with van der Waals surface area (Å²) in [6.45, 7) is 4.14. The number of amides is 1. The molecule has 2 aromatic carbocycles. The highest BCUT2D eigenvalue weighted by atomic mass is 16.4. The number of carbonyl (C=O) groups excluding carboxylic acids is 1. The summed E-state index contributed by atoms with van der Waals surface area (Å²) in [6.07, 6.45) is 0. The molecule has 0 bridgehead atoms. The van der Waals surface area contributed by atoms with E-state index in [1.807, 2.05) is 49.4 Å². The van der Waals surface area contributed by atoms with Gasteiger partial charge >= 0.3 is 0 Å². The molecule has 8 nitrogen and oxygen atoms in total. The third-order valence-corrected chi connectivity index (χ3v) is 4.90. The monoisotopic (exact) mass is 403 g/mol. The molecule has 4 rings (SSSR count). The van der Waals surface area contributed by atoms with E-state index in [0.717, 1.165) is 5.56 Å². The van der Waals surface area contributed by atoms with E-state index in [1.54, 1.807) is 19.1 Å². The third-order valence-electron chi connectivity index (χ3n) is 4.90. The summed E-state index contributed by atoms with van der Waals surface area (Å²) in [5, 5.41) is 16.5. The summed E-state index contributed by atoms with van der Waals surface area (Å²) in [5.74, 6) is -0.0976. The first-order valence-electron chi connectivity index (χ1n) is 9.73. The molecule has 30 heavy (non-hydrogen) atoms. The first kappa shape index (κ1) is 19.5. The zero-order valence-electron chi connectivity index (χ0n) is 16.7. The Morgan fingerprint density at radius 1 is 1.07 bits per heavy atom. The van der Waals surface area contributed by atoms with Crippen LogP contribution in [0.25, 0.3) is 22.2 Å². The Labute approximate surface area is 172 Å². The number of rotatable bonds is 6. The van der Waals surface area contributed by atoms with Gasteiger partial charge in [-0.05, 0) is 32.0 Å². The van der Waals surface area contributed by atoms with Crippen LogP contribution < -0.4 is 10.9 Å². The molecule has 1 amide bonds. The van der Waals surface area contributed by atoms with E-state index in [2.05, 4.69) is 20.6 Å². The molecule has 0 saturated carbocycles. The fourth-order valence-electron chi connectivity index (χ4n) is 3.26. The first-order valence-corrected chi connectivity index (χ1v) is 9.73. The van der Waals surface area contributed by atoms with Crippen molar-refractivity contribution in [2.45, 2.75) is 32.9 Å². The van der Waals surface area contributed by atoms with E-state index >= 15 is 0 Å². The second kappa shape index (κ2) is 8.28. The molecule has 2 heterocycles. The van der Waals surface area contributed by atoms with Gasteiger partial charge in [-0.3, -0.25) is 9.59 Å². The van der Waals surface area contributed by atoms with Gasteiger partial charge in [0.25, 0.3) is 5.56 Å². The number of benzene rings is 2. The Kier molecular flexibility index (Phi) is 5.38. The van der Waals surface area contributed by atoms with Crippen molar-refractivity contribution in [1.82, 2.24) is 25.3 Å². The van der Waals surface area contributed by atoms with Crippen LogP contribution in [-0.2, 0) is 17.9 Å². The van der Waals surface area contributed by atoms with Crippen molar-refractivity contribution < 1.29 is 9.21 Å². The summed E-state index contributed by atoms with van der Waals surface area (Å²) in [4.78, 5) is 25.3. The molecule has 1 N–H and O–H groups in total. The third kappa shape index (κ3) is 3.71. The van der Waals surface area contributed by atoms with Crippen molar-refractivity contribution in [3.8, 4) is 11.5 Å². The summed E-state index contributed by atoms with van der Waals surface area (Å²) in [5.41, 5.74) is 1.21. The van der Waals surface area contributed by atoms with Crippen LogP contribution >= 0.6 is 0 Å². The molecular formula is C22H21N5O3. The van der Waals surface area contributed by atoms with Crippen LogP contribution in [-0.4, -0.2) is 25.9 Å². The minimum absolute atomic E-state index is 0.106. The van der Waals surface area contributed by atoms with Crippen molar-refractivity contribution in [3.63, 3.8) is 0 Å². The van der Waals surface area contributed by atoms with Crippen LogP contribution in [0, 0.1) is 0 Å². The van der Waals surface area contributed by atoms with Crippen LogP contribution in [0.5, 0.6) is 0 Å². The van der Waals surface area contributed by atoms with Crippen LogP contribution in [0.1, 0.15) is 31.4 Å². The molecular weight excluding hydrogens is 382 g/mol. The molecule has 152 valence electrons. The molecule has 0 unspecified atom stereocenters. The van der Waals surface area contributed by atoms with Crippen LogP contribution in [0.3, 0.4) is 0 Å². The molecule has 1 atom stereocenters. The number of hydrogen-bond donors (Lipinski definition) is 1. The highest BCUT2D eigenvalue weighted by molar-refractivity contribution is 5.91. The molecule has 8 heteroatoms. The number of carbonyl (C=O) groups is 1. The zero-order valence-corrected chi connectivity index (χ0v) is 16.7. The Morgan fingerprint density at radius 3 is 2.50 bits per heavy atom. The standard InChI is InChI=1S/C22H21N5O3/c1-3-27-22(29)17-12-8-7-11-16(17)19(26-27)14(2)20(28)23-13-18-24-25-21(30-18)15-9-5-4-6-10-15/h4-12,14H,3,13H2,1-2H3,(H,23,28)/t14-/m1/s1. The van der Waals surface area contributed by atoms with Crippen molar-refractivity contribution in [3.05, 3.63) is 76.5 Å². The smallest absolute Gasteiger partial charge is 0.274 e. The molecule has 0 radical (unpaired) electrons. The normalized spacial score (nSPS) is 12.1. The quantitative estimate of drug-likeness (QED) is 0.531. The van der Waals surface area contributed by atoms with Crippen molar-refractivity contribution in [2.24, 2.45) is 0 Å². The van der Waals surface area contributed by atoms with E-state index in [4.69, 9.17) is 4.42 Å². The number of aromatic nitrogens is 4. The average Bonchev–Trinajstić information content (AvgIpc) is 3.27. The predicted octanol–water partition coefficient (Wildman–Crippen LogP) is 2.89. The van der Waals surface area contributed by atoms with Gasteiger partial charge in [0.15, 0.2) is 0 Å². The molecule has 0 saturated heterocycles. The Morgan fingerprint density at radius 2 is 1.77 bits per heavy atom. The molecule has 2 aromatic heterocycles. The summed E-state index contributed by atoms with van der Waals surface area (Å²) >= 11 is 0. The lowest BCUT2D eigenvalue weighted by atomic mass is 10.0. The maximum Gasteiger partial charge on any atom is 0.274 e.